The maximum Gasteiger partial charge on any atom is 0.408 e. The van der Waals surface area contributed by atoms with E-state index >= 15 is 0 Å². The second-order valence-electron chi connectivity index (χ2n) is 3.90. The Bertz CT molecular complexity index is 631. The maximum atomic E-state index is 12.1. The SMILES string of the molecule is COC(=O)NC12CC#Cc3ncnc(c31)NC2=O. The summed E-state index contributed by atoms with van der Waals surface area (Å²) in [7, 11) is 1.23. The highest BCUT2D eigenvalue weighted by Crippen LogP contribution is 2.40. The summed E-state index contributed by atoms with van der Waals surface area (Å²) in [5.41, 5.74) is -0.287. The molecule has 1 aromatic rings. The van der Waals surface area contributed by atoms with Gasteiger partial charge in [-0.3, -0.25) is 4.79 Å². The Morgan fingerprint density at radius 3 is 3.22 bits per heavy atom. The van der Waals surface area contributed by atoms with Crippen LogP contribution in [-0.4, -0.2) is 29.1 Å². The fraction of sp³-hybridized carbons (Fsp3) is 0.273. The van der Waals surface area contributed by atoms with E-state index in [9.17, 15) is 9.59 Å². The normalized spacial score (nSPS) is 22.4. The second-order valence-corrected chi connectivity index (χ2v) is 3.90. The van der Waals surface area contributed by atoms with Gasteiger partial charge in [-0.1, -0.05) is 5.92 Å². The number of methoxy groups -OCH3 is 1. The van der Waals surface area contributed by atoms with Gasteiger partial charge < -0.3 is 15.4 Å². The summed E-state index contributed by atoms with van der Waals surface area (Å²) >= 11 is 0. The number of nitrogens with one attached hydrogen (secondary N) is 2. The van der Waals surface area contributed by atoms with Crippen molar-refractivity contribution in [1.82, 2.24) is 15.3 Å². The third kappa shape index (κ3) is 1.20. The van der Waals surface area contributed by atoms with Crippen LogP contribution in [0.1, 0.15) is 17.7 Å². The zero-order valence-electron chi connectivity index (χ0n) is 9.40. The van der Waals surface area contributed by atoms with Crippen LogP contribution in [0.25, 0.3) is 0 Å². The molecule has 2 heterocycles. The van der Waals surface area contributed by atoms with Gasteiger partial charge in [-0.05, 0) is 5.92 Å². The molecule has 1 aliphatic heterocycles. The van der Waals surface area contributed by atoms with Gasteiger partial charge >= 0.3 is 6.09 Å². The zero-order valence-corrected chi connectivity index (χ0v) is 9.40. The molecular formula is C11H8N4O3. The molecule has 1 aromatic heterocycles. The molecule has 7 heteroatoms. The van der Waals surface area contributed by atoms with Crippen molar-refractivity contribution in [2.24, 2.45) is 0 Å². The molecule has 1 unspecified atom stereocenters. The molecule has 2 amide bonds. The van der Waals surface area contributed by atoms with E-state index in [4.69, 9.17) is 0 Å². The summed E-state index contributed by atoms with van der Waals surface area (Å²) in [4.78, 5) is 31.5. The van der Waals surface area contributed by atoms with E-state index in [1.165, 1.54) is 13.4 Å². The number of anilines is 1. The van der Waals surface area contributed by atoms with Crippen LogP contribution in [0.3, 0.4) is 0 Å². The number of carbonyl (C=O) groups is 2. The van der Waals surface area contributed by atoms with Crippen molar-refractivity contribution in [2.75, 3.05) is 12.4 Å². The van der Waals surface area contributed by atoms with Crippen LogP contribution >= 0.6 is 0 Å². The Morgan fingerprint density at radius 2 is 2.44 bits per heavy atom. The lowest BCUT2D eigenvalue weighted by Gasteiger charge is -2.27. The van der Waals surface area contributed by atoms with Crippen molar-refractivity contribution in [3.63, 3.8) is 0 Å². The monoisotopic (exact) mass is 244 g/mol. The topological polar surface area (TPSA) is 93.2 Å². The van der Waals surface area contributed by atoms with Crippen LogP contribution in [0.15, 0.2) is 6.33 Å². The molecule has 18 heavy (non-hydrogen) atoms. The molecule has 90 valence electrons. The molecule has 0 saturated heterocycles. The van der Waals surface area contributed by atoms with Crippen LogP contribution < -0.4 is 10.6 Å². The number of nitrogens with zero attached hydrogens (tertiary/aromatic N) is 2. The summed E-state index contributed by atoms with van der Waals surface area (Å²) in [6.45, 7) is 0. The standard InChI is InChI=1S/C11H8N4O3/c1-18-10(17)15-11-4-2-3-6-7(11)8(13-5-12-6)14-9(11)16/h5H,4H2,1H3,(H,15,17)(H,12,13,14,16). The lowest BCUT2D eigenvalue weighted by molar-refractivity contribution is -0.121. The third-order valence-corrected chi connectivity index (χ3v) is 2.95. The minimum atomic E-state index is -1.25. The molecule has 0 saturated carbocycles. The van der Waals surface area contributed by atoms with E-state index in [1.807, 2.05) is 0 Å². The van der Waals surface area contributed by atoms with Crippen LogP contribution in [0, 0.1) is 11.8 Å². The highest BCUT2D eigenvalue weighted by Gasteiger charge is 2.51. The van der Waals surface area contributed by atoms with Gasteiger partial charge in [0, 0.05) is 6.42 Å². The molecular weight excluding hydrogens is 236 g/mol. The van der Waals surface area contributed by atoms with Crippen LogP contribution in [0.4, 0.5) is 10.6 Å². The summed E-state index contributed by atoms with van der Waals surface area (Å²) < 4.78 is 4.55. The van der Waals surface area contributed by atoms with Crippen LogP contribution in [-0.2, 0) is 15.1 Å². The molecule has 2 aliphatic rings. The van der Waals surface area contributed by atoms with Gasteiger partial charge in [0.15, 0.2) is 5.54 Å². The molecule has 0 fully saturated rings. The number of alkyl carbamates (subject to hydrolysis) is 1. The van der Waals surface area contributed by atoms with Crippen molar-refractivity contribution in [3.8, 4) is 11.8 Å². The highest BCUT2D eigenvalue weighted by molar-refractivity contribution is 6.07. The number of ether oxygens (including phenoxy) is 1. The average Bonchev–Trinajstić information content (AvgIpc) is 2.65. The number of carbonyl (C=O) groups excluding carboxylic acids is 2. The molecule has 7 nitrogen and oxygen atoms in total. The van der Waals surface area contributed by atoms with Crippen molar-refractivity contribution in [2.45, 2.75) is 12.0 Å². The number of amides is 2. The summed E-state index contributed by atoms with van der Waals surface area (Å²) in [5, 5.41) is 5.14. The fourth-order valence-electron chi connectivity index (χ4n) is 2.13. The molecule has 0 radical (unpaired) electrons. The van der Waals surface area contributed by atoms with Gasteiger partial charge in [0.25, 0.3) is 5.91 Å². The van der Waals surface area contributed by atoms with E-state index in [1.54, 1.807) is 0 Å². The first kappa shape index (κ1) is 10.5. The predicted molar refractivity (Wildman–Crippen MR) is 59.4 cm³/mol. The van der Waals surface area contributed by atoms with Crippen molar-refractivity contribution >= 4 is 17.8 Å². The average molecular weight is 244 g/mol. The van der Waals surface area contributed by atoms with Gasteiger partial charge in [-0.25, -0.2) is 14.8 Å². The van der Waals surface area contributed by atoms with Crippen LogP contribution in [0.2, 0.25) is 0 Å². The Labute approximate surface area is 102 Å². The molecule has 2 N–H and O–H groups in total. The maximum absolute atomic E-state index is 12.1. The Hall–Kier alpha value is -2.62. The van der Waals surface area contributed by atoms with E-state index in [-0.39, 0.29) is 12.3 Å². The minimum Gasteiger partial charge on any atom is -0.453 e. The zero-order chi connectivity index (χ0) is 12.8. The van der Waals surface area contributed by atoms with E-state index in [0.717, 1.165) is 0 Å². The highest BCUT2D eigenvalue weighted by atomic mass is 16.5. The van der Waals surface area contributed by atoms with Gasteiger partial charge in [0.1, 0.15) is 17.8 Å². The van der Waals surface area contributed by atoms with E-state index in [2.05, 4.69) is 37.2 Å². The van der Waals surface area contributed by atoms with Crippen molar-refractivity contribution in [3.05, 3.63) is 17.6 Å². The number of hydrogen-bond acceptors (Lipinski definition) is 5. The van der Waals surface area contributed by atoms with Gasteiger partial charge in [0.2, 0.25) is 0 Å². The van der Waals surface area contributed by atoms with Gasteiger partial charge in [-0.2, -0.15) is 0 Å². The Kier molecular flexibility index (Phi) is 2.01. The molecule has 0 aromatic carbocycles. The summed E-state index contributed by atoms with van der Waals surface area (Å²) in [6.07, 6.45) is 0.792. The predicted octanol–water partition coefficient (Wildman–Crippen LogP) is -0.265. The minimum absolute atomic E-state index is 0.168. The smallest absolute Gasteiger partial charge is 0.408 e. The van der Waals surface area contributed by atoms with Gasteiger partial charge in [0.05, 0.1) is 12.7 Å². The lowest BCUT2D eigenvalue weighted by Crippen LogP contribution is -2.51. The first-order valence-electron chi connectivity index (χ1n) is 5.19. The second kappa shape index (κ2) is 3.43. The van der Waals surface area contributed by atoms with E-state index < -0.39 is 11.6 Å². The number of hydrogen-bond donors (Lipinski definition) is 2. The first-order chi connectivity index (χ1) is 8.67. The molecule has 1 atom stereocenters. The van der Waals surface area contributed by atoms with E-state index in [0.29, 0.717) is 17.1 Å². The molecule has 1 aliphatic carbocycles. The van der Waals surface area contributed by atoms with Crippen LogP contribution in [0.5, 0.6) is 0 Å². The molecule has 0 bridgehead atoms. The fourth-order valence-corrected chi connectivity index (χ4v) is 2.13. The summed E-state index contributed by atoms with van der Waals surface area (Å²) in [6, 6.07) is 0. The first-order valence-corrected chi connectivity index (χ1v) is 5.19. The lowest BCUT2D eigenvalue weighted by atomic mass is 9.85. The Balaban J connectivity index is 2.18. The molecule has 3 rings (SSSR count). The Morgan fingerprint density at radius 1 is 1.61 bits per heavy atom. The van der Waals surface area contributed by atoms with Gasteiger partial charge in [-0.15, -0.1) is 0 Å². The number of rotatable bonds is 1. The third-order valence-electron chi connectivity index (χ3n) is 2.95. The molecule has 0 spiro atoms. The largest absolute Gasteiger partial charge is 0.453 e. The number of aromatic nitrogens is 2. The van der Waals surface area contributed by atoms with Crippen molar-refractivity contribution in [1.29, 1.82) is 0 Å². The quantitative estimate of drug-likeness (QED) is 0.663. The summed E-state index contributed by atoms with van der Waals surface area (Å²) in [5.74, 6) is 5.64. The van der Waals surface area contributed by atoms with Crippen molar-refractivity contribution < 1.29 is 14.3 Å².